The first kappa shape index (κ1) is 13.8. The maximum Gasteiger partial charge on any atom is 0.356 e. The largest absolute Gasteiger partial charge is 0.477 e. The highest BCUT2D eigenvalue weighted by atomic mass is 35.5. The Morgan fingerprint density at radius 3 is 2.95 bits per heavy atom. The Labute approximate surface area is 118 Å². The Hall–Kier alpha value is -1.66. The molecule has 2 rings (SSSR count). The summed E-state index contributed by atoms with van der Waals surface area (Å²) >= 11 is 7.29. The first-order valence-corrected chi connectivity index (χ1v) is 6.75. The van der Waals surface area contributed by atoms with Crippen molar-refractivity contribution in [1.29, 1.82) is 0 Å². The first-order valence-electron chi connectivity index (χ1n) is 5.49. The number of pyridine rings is 1. The lowest BCUT2D eigenvalue weighted by molar-refractivity contribution is 0.0689. The number of aromatic carboxylic acids is 1. The van der Waals surface area contributed by atoms with Crippen molar-refractivity contribution in [3.8, 4) is 5.88 Å². The van der Waals surface area contributed by atoms with Gasteiger partial charge >= 0.3 is 5.97 Å². The van der Waals surface area contributed by atoms with E-state index in [2.05, 4.69) is 9.97 Å². The van der Waals surface area contributed by atoms with Crippen LogP contribution in [0.1, 0.15) is 21.1 Å². The fourth-order valence-electron chi connectivity index (χ4n) is 1.47. The maximum absolute atomic E-state index is 10.9. The van der Waals surface area contributed by atoms with Gasteiger partial charge in [-0.2, -0.15) is 0 Å². The van der Waals surface area contributed by atoms with Gasteiger partial charge in [0.2, 0.25) is 5.88 Å². The molecule has 0 aliphatic carbocycles. The van der Waals surface area contributed by atoms with Crippen LogP contribution in [0.5, 0.6) is 5.88 Å². The van der Waals surface area contributed by atoms with Gasteiger partial charge in [0.05, 0.1) is 22.8 Å². The Bertz CT molecular complexity index is 600. The summed E-state index contributed by atoms with van der Waals surface area (Å²) in [4.78, 5) is 20.0. The van der Waals surface area contributed by atoms with Gasteiger partial charge in [0.1, 0.15) is 0 Å². The van der Waals surface area contributed by atoms with E-state index in [0.717, 1.165) is 10.6 Å². The van der Waals surface area contributed by atoms with Crippen LogP contribution in [0.3, 0.4) is 0 Å². The molecule has 0 aliphatic heterocycles. The second kappa shape index (κ2) is 5.99. The molecule has 100 valence electrons. The van der Waals surface area contributed by atoms with Crippen LogP contribution in [-0.4, -0.2) is 27.7 Å². The van der Waals surface area contributed by atoms with E-state index in [1.54, 1.807) is 22.9 Å². The number of rotatable bonds is 5. The van der Waals surface area contributed by atoms with Gasteiger partial charge in [0.15, 0.2) is 5.69 Å². The second-order valence-electron chi connectivity index (χ2n) is 3.74. The lowest BCUT2D eigenvalue weighted by atomic mass is 10.3. The third-order valence-electron chi connectivity index (χ3n) is 2.45. The van der Waals surface area contributed by atoms with Gasteiger partial charge in [-0.1, -0.05) is 11.6 Å². The SMILES string of the molecule is Cc1ncsc1CCOc1ccc(Cl)c(C(=O)O)n1. The number of carboxylic acid groups (broad SMARTS) is 1. The molecular weight excluding hydrogens is 288 g/mol. The number of ether oxygens (including phenoxy) is 1. The number of halogens is 1. The van der Waals surface area contributed by atoms with Crippen molar-refractivity contribution in [1.82, 2.24) is 9.97 Å². The van der Waals surface area contributed by atoms with Crippen LogP contribution in [0.4, 0.5) is 0 Å². The van der Waals surface area contributed by atoms with E-state index in [1.807, 2.05) is 6.92 Å². The monoisotopic (exact) mass is 298 g/mol. The van der Waals surface area contributed by atoms with Gasteiger partial charge in [0.25, 0.3) is 0 Å². The zero-order valence-corrected chi connectivity index (χ0v) is 11.7. The molecule has 0 radical (unpaired) electrons. The van der Waals surface area contributed by atoms with Gasteiger partial charge in [0, 0.05) is 17.4 Å². The van der Waals surface area contributed by atoms with Gasteiger partial charge in [-0.3, -0.25) is 0 Å². The number of thiazole rings is 1. The average Bonchev–Trinajstić information content (AvgIpc) is 2.77. The van der Waals surface area contributed by atoms with Crippen molar-refractivity contribution < 1.29 is 14.6 Å². The van der Waals surface area contributed by atoms with Gasteiger partial charge in [-0.05, 0) is 13.0 Å². The van der Waals surface area contributed by atoms with Crippen LogP contribution in [0.2, 0.25) is 5.02 Å². The Kier molecular flexibility index (Phi) is 4.34. The number of aryl methyl sites for hydroxylation is 1. The highest BCUT2D eigenvalue weighted by Crippen LogP contribution is 2.19. The van der Waals surface area contributed by atoms with E-state index in [1.165, 1.54) is 6.07 Å². The number of hydrogen-bond acceptors (Lipinski definition) is 5. The second-order valence-corrected chi connectivity index (χ2v) is 5.09. The molecule has 5 nitrogen and oxygen atoms in total. The lowest BCUT2D eigenvalue weighted by Gasteiger charge is -2.06. The molecule has 0 aromatic carbocycles. The van der Waals surface area contributed by atoms with Crippen LogP contribution < -0.4 is 4.74 Å². The molecule has 0 saturated heterocycles. The summed E-state index contributed by atoms with van der Waals surface area (Å²) in [5, 5.41) is 8.99. The molecule has 0 unspecified atom stereocenters. The standard InChI is InChI=1S/C12H11ClN2O3S/c1-7-9(19-6-14-7)4-5-18-10-3-2-8(13)11(15-10)12(16)17/h2-3,6H,4-5H2,1H3,(H,16,17). The highest BCUT2D eigenvalue weighted by molar-refractivity contribution is 7.09. The normalized spacial score (nSPS) is 10.4. The first-order chi connectivity index (χ1) is 9.08. The van der Waals surface area contributed by atoms with E-state index in [0.29, 0.717) is 13.0 Å². The summed E-state index contributed by atoms with van der Waals surface area (Å²) in [6.07, 6.45) is 0.712. The summed E-state index contributed by atoms with van der Waals surface area (Å²) < 4.78 is 5.43. The highest BCUT2D eigenvalue weighted by Gasteiger charge is 2.12. The Morgan fingerprint density at radius 2 is 2.32 bits per heavy atom. The van der Waals surface area contributed by atoms with Gasteiger partial charge in [-0.15, -0.1) is 11.3 Å². The summed E-state index contributed by atoms with van der Waals surface area (Å²) in [7, 11) is 0. The van der Waals surface area contributed by atoms with Crippen molar-refractivity contribution in [3.63, 3.8) is 0 Å². The number of nitrogens with zero attached hydrogens (tertiary/aromatic N) is 2. The smallest absolute Gasteiger partial charge is 0.356 e. The lowest BCUT2D eigenvalue weighted by Crippen LogP contribution is -2.06. The van der Waals surface area contributed by atoms with E-state index < -0.39 is 5.97 Å². The summed E-state index contributed by atoms with van der Waals surface area (Å²) in [5.41, 5.74) is 2.57. The van der Waals surface area contributed by atoms with Crippen molar-refractivity contribution in [3.05, 3.63) is 38.9 Å². The molecule has 0 saturated carbocycles. The fourth-order valence-corrected chi connectivity index (χ4v) is 2.42. The molecule has 0 fully saturated rings. The van der Waals surface area contributed by atoms with Crippen molar-refractivity contribution >= 4 is 28.9 Å². The van der Waals surface area contributed by atoms with Crippen molar-refractivity contribution in [2.45, 2.75) is 13.3 Å². The molecule has 19 heavy (non-hydrogen) atoms. The predicted molar refractivity (Wildman–Crippen MR) is 72.3 cm³/mol. The van der Waals surface area contributed by atoms with Crippen LogP contribution in [-0.2, 0) is 6.42 Å². The van der Waals surface area contributed by atoms with Crippen molar-refractivity contribution in [2.24, 2.45) is 0 Å². The molecule has 2 aromatic heterocycles. The minimum absolute atomic E-state index is 0.0955. The molecule has 0 atom stereocenters. The number of carboxylic acids is 1. The fraction of sp³-hybridized carbons (Fsp3) is 0.250. The van der Waals surface area contributed by atoms with Crippen LogP contribution in [0.25, 0.3) is 0 Å². The topological polar surface area (TPSA) is 72.3 Å². The number of aromatic nitrogens is 2. The van der Waals surface area contributed by atoms with Crippen LogP contribution in [0.15, 0.2) is 17.6 Å². The van der Waals surface area contributed by atoms with Crippen LogP contribution in [0, 0.1) is 6.92 Å². The zero-order chi connectivity index (χ0) is 13.8. The summed E-state index contributed by atoms with van der Waals surface area (Å²) in [5.74, 6) is -0.919. The van der Waals surface area contributed by atoms with Gasteiger partial charge in [-0.25, -0.2) is 14.8 Å². The van der Waals surface area contributed by atoms with E-state index >= 15 is 0 Å². The molecule has 2 aromatic rings. The van der Waals surface area contributed by atoms with Crippen LogP contribution >= 0.6 is 22.9 Å². The molecule has 0 bridgehead atoms. The Morgan fingerprint density at radius 1 is 1.53 bits per heavy atom. The summed E-state index contributed by atoms with van der Waals surface area (Å²) in [6.45, 7) is 2.35. The number of carbonyl (C=O) groups is 1. The summed E-state index contributed by atoms with van der Waals surface area (Å²) in [6, 6.07) is 3.01. The average molecular weight is 299 g/mol. The third-order valence-corrected chi connectivity index (χ3v) is 3.75. The quantitative estimate of drug-likeness (QED) is 0.919. The van der Waals surface area contributed by atoms with E-state index in [9.17, 15) is 4.79 Å². The molecule has 0 spiro atoms. The van der Waals surface area contributed by atoms with Crippen molar-refractivity contribution in [2.75, 3.05) is 6.61 Å². The third kappa shape index (κ3) is 3.42. The van der Waals surface area contributed by atoms with E-state index in [-0.39, 0.29) is 16.6 Å². The Balaban J connectivity index is 1.98. The molecule has 0 amide bonds. The molecule has 7 heteroatoms. The number of hydrogen-bond donors (Lipinski definition) is 1. The molecule has 0 aliphatic rings. The minimum Gasteiger partial charge on any atom is -0.477 e. The predicted octanol–water partition coefficient (Wildman–Crippen LogP) is 2.82. The molecule has 1 N–H and O–H groups in total. The minimum atomic E-state index is -1.17. The molecule has 2 heterocycles. The zero-order valence-electron chi connectivity index (χ0n) is 10.1. The molecular formula is C12H11ClN2O3S. The van der Waals surface area contributed by atoms with Gasteiger partial charge < -0.3 is 9.84 Å². The van der Waals surface area contributed by atoms with E-state index in [4.69, 9.17) is 21.4 Å². The maximum atomic E-state index is 10.9.